The Kier molecular flexibility index (Phi) is 5.53. The molecule has 2 aromatic carbocycles. The van der Waals surface area contributed by atoms with E-state index in [2.05, 4.69) is 17.1 Å². The molecule has 144 valence electrons. The molecule has 0 bridgehead atoms. The van der Waals surface area contributed by atoms with Gasteiger partial charge in [-0.15, -0.1) is 0 Å². The topological polar surface area (TPSA) is 66.6 Å². The molecule has 28 heavy (non-hydrogen) atoms. The first-order chi connectivity index (χ1) is 13.7. The van der Waals surface area contributed by atoms with Crippen LogP contribution in [0.1, 0.15) is 34.4 Å². The smallest absolute Gasteiger partial charge is 0.232 e. The Labute approximate surface area is 164 Å². The number of oxazole rings is 1. The van der Waals surface area contributed by atoms with Gasteiger partial charge in [0.1, 0.15) is 11.5 Å². The van der Waals surface area contributed by atoms with Gasteiger partial charge in [0.05, 0.1) is 19.1 Å². The standard InChI is InChI=1S/C23H24N2O3/c26-16-19(18-9-5-2-6-10-18)23(27)25-14-13-21-20(15-25)24-22(28-21)12-11-17-7-3-1-4-8-17/h1-10,19,26H,11-16H2. The lowest BCUT2D eigenvalue weighted by Crippen LogP contribution is -2.39. The summed E-state index contributed by atoms with van der Waals surface area (Å²) in [4.78, 5) is 19.4. The largest absolute Gasteiger partial charge is 0.445 e. The highest BCUT2D eigenvalue weighted by Gasteiger charge is 2.30. The number of fused-ring (bicyclic) bond motifs is 1. The number of amides is 1. The molecule has 1 atom stereocenters. The molecule has 2 heterocycles. The monoisotopic (exact) mass is 376 g/mol. The minimum Gasteiger partial charge on any atom is -0.445 e. The minimum absolute atomic E-state index is 0.0619. The van der Waals surface area contributed by atoms with E-state index in [-0.39, 0.29) is 12.5 Å². The van der Waals surface area contributed by atoms with Crippen molar-refractivity contribution in [3.05, 3.63) is 89.1 Å². The summed E-state index contributed by atoms with van der Waals surface area (Å²) in [6.45, 7) is 0.822. The zero-order valence-electron chi connectivity index (χ0n) is 15.8. The lowest BCUT2D eigenvalue weighted by molar-refractivity contribution is -0.134. The van der Waals surface area contributed by atoms with E-state index in [1.165, 1.54) is 5.56 Å². The van der Waals surface area contributed by atoms with Gasteiger partial charge in [-0.25, -0.2) is 4.98 Å². The number of aromatic nitrogens is 1. The van der Waals surface area contributed by atoms with Crippen LogP contribution < -0.4 is 0 Å². The van der Waals surface area contributed by atoms with Crippen LogP contribution in [0.25, 0.3) is 0 Å². The molecule has 0 saturated carbocycles. The van der Waals surface area contributed by atoms with Gasteiger partial charge in [0, 0.05) is 19.4 Å². The van der Waals surface area contributed by atoms with Crippen LogP contribution in [-0.4, -0.2) is 34.0 Å². The maximum absolute atomic E-state index is 13.0. The van der Waals surface area contributed by atoms with Gasteiger partial charge < -0.3 is 14.4 Å². The molecular weight excluding hydrogens is 352 g/mol. The van der Waals surface area contributed by atoms with Crippen molar-refractivity contribution in [2.45, 2.75) is 31.7 Å². The quantitative estimate of drug-likeness (QED) is 0.718. The van der Waals surface area contributed by atoms with E-state index in [0.717, 1.165) is 35.7 Å². The zero-order valence-corrected chi connectivity index (χ0v) is 15.8. The summed E-state index contributed by atoms with van der Waals surface area (Å²) in [5.41, 5.74) is 2.93. The zero-order chi connectivity index (χ0) is 19.3. The van der Waals surface area contributed by atoms with Crippen LogP contribution >= 0.6 is 0 Å². The molecule has 0 radical (unpaired) electrons. The molecule has 1 aliphatic rings. The van der Waals surface area contributed by atoms with Gasteiger partial charge in [-0.1, -0.05) is 60.7 Å². The Morgan fingerprint density at radius 1 is 1.07 bits per heavy atom. The van der Waals surface area contributed by atoms with Gasteiger partial charge in [-0.3, -0.25) is 4.79 Å². The van der Waals surface area contributed by atoms with Crippen LogP contribution in [0.4, 0.5) is 0 Å². The van der Waals surface area contributed by atoms with Crippen molar-refractivity contribution >= 4 is 5.91 Å². The van der Waals surface area contributed by atoms with E-state index in [4.69, 9.17) is 4.42 Å². The lowest BCUT2D eigenvalue weighted by atomic mass is 9.97. The summed E-state index contributed by atoms with van der Waals surface area (Å²) in [5.74, 6) is 1.01. The second-order valence-corrected chi connectivity index (χ2v) is 7.12. The van der Waals surface area contributed by atoms with Gasteiger partial charge in [-0.05, 0) is 17.5 Å². The Bertz CT molecular complexity index is 922. The molecule has 0 aliphatic carbocycles. The number of hydrogen-bond acceptors (Lipinski definition) is 4. The summed E-state index contributed by atoms with van der Waals surface area (Å²) in [7, 11) is 0. The number of aryl methyl sites for hydroxylation is 2. The second kappa shape index (κ2) is 8.40. The summed E-state index contributed by atoms with van der Waals surface area (Å²) in [6.07, 6.45) is 2.28. The molecule has 1 aromatic heterocycles. The summed E-state index contributed by atoms with van der Waals surface area (Å²) in [5, 5.41) is 9.78. The Hall–Kier alpha value is -2.92. The molecule has 1 N–H and O–H groups in total. The van der Waals surface area contributed by atoms with Crippen molar-refractivity contribution in [1.82, 2.24) is 9.88 Å². The third-order valence-corrected chi connectivity index (χ3v) is 5.24. The highest BCUT2D eigenvalue weighted by molar-refractivity contribution is 5.84. The highest BCUT2D eigenvalue weighted by atomic mass is 16.4. The first-order valence-corrected chi connectivity index (χ1v) is 9.70. The summed E-state index contributed by atoms with van der Waals surface area (Å²) < 4.78 is 5.93. The van der Waals surface area contributed by atoms with E-state index in [9.17, 15) is 9.90 Å². The maximum Gasteiger partial charge on any atom is 0.232 e. The molecule has 1 aliphatic heterocycles. The van der Waals surface area contributed by atoms with E-state index in [1.807, 2.05) is 48.5 Å². The normalized spacial score (nSPS) is 14.5. The van der Waals surface area contributed by atoms with Gasteiger partial charge in [-0.2, -0.15) is 0 Å². The first kappa shape index (κ1) is 18.4. The number of carbonyl (C=O) groups is 1. The van der Waals surface area contributed by atoms with Crippen molar-refractivity contribution in [2.75, 3.05) is 13.2 Å². The van der Waals surface area contributed by atoms with Crippen molar-refractivity contribution in [2.24, 2.45) is 0 Å². The lowest BCUT2D eigenvalue weighted by Gasteiger charge is -2.28. The molecule has 0 fully saturated rings. The van der Waals surface area contributed by atoms with Crippen LogP contribution in [0.3, 0.4) is 0 Å². The van der Waals surface area contributed by atoms with E-state index < -0.39 is 5.92 Å². The summed E-state index contributed by atoms with van der Waals surface area (Å²) in [6, 6.07) is 19.7. The average Bonchev–Trinajstić information content (AvgIpc) is 3.16. The van der Waals surface area contributed by atoms with Gasteiger partial charge >= 0.3 is 0 Å². The molecule has 5 heteroatoms. The fraction of sp³-hybridized carbons (Fsp3) is 0.304. The van der Waals surface area contributed by atoms with Crippen LogP contribution in [0.2, 0.25) is 0 Å². The molecular formula is C23H24N2O3. The van der Waals surface area contributed by atoms with Crippen LogP contribution in [0.5, 0.6) is 0 Å². The van der Waals surface area contributed by atoms with E-state index >= 15 is 0 Å². The third-order valence-electron chi connectivity index (χ3n) is 5.24. The SMILES string of the molecule is O=C(C(CO)c1ccccc1)N1CCc2oc(CCc3ccccc3)nc2C1. The summed E-state index contributed by atoms with van der Waals surface area (Å²) >= 11 is 0. The fourth-order valence-electron chi connectivity index (χ4n) is 3.67. The van der Waals surface area contributed by atoms with Gasteiger partial charge in [0.25, 0.3) is 0 Å². The van der Waals surface area contributed by atoms with Crippen LogP contribution in [-0.2, 0) is 30.6 Å². The number of aliphatic hydroxyl groups excluding tert-OH is 1. The molecule has 0 spiro atoms. The molecule has 1 amide bonds. The molecule has 0 saturated heterocycles. The number of hydrogen-bond donors (Lipinski definition) is 1. The maximum atomic E-state index is 13.0. The van der Waals surface area contributed by atoms with Crippen molar-refractivity contribution in [1.29, 1.82) is 0 Å². The Balaban J connectivity index is 1.43. The second-order valence-electron chi connectivity index (χ2n) is 7.12. The van der Waals surface area contributed by atoms with Crippen molar-refractivity contribution < 1.29 is 14.3 Å². The van der Waals surface area contributed by atoms with Crippen molar-refractivity contribution in [3.8, 4) is 0 Å². The molecule has 1 unspecified atom stereocenters. The predicted molar refractivity (Wildman–Crippen MR) is 106 cm³/mol. The van der Waals surface area contributed by atoms with E-state index in [1.54, 1.807) is 4.90 Å². The van der Waals surface area contributed by atoms with Gasteiger partial charge in [0.2, 0.25) is 5.91 Å². The number of benzene rings is 2. The van der Waals surface area contributed by atoms with E-state index in [0.29, 0.717) is 19.5 Å². The predicted octanol–water partition coefficient (Wildman–Crippen LogP) is 3.12. The third kappa shape index (κ3) is 3.99. The average molecular weight is 376 g/mol. The molecule has 4 rings (SSSR count). The molecule has 3 aromatic rings. The number of rotatable bonds is 6. The number of aliphatic hydroxyl groups is 1. The Morgan fingerprint density at radius 2 is 1.79 bits per heavy atom. The fourth-order valence-corrected chi connectivity index (χ4v) is 3.67. The van der Waals surface area contributed by atoms with Crippen LogP contribution in [0.15, 0.2) is 65.1 Å². The molecule has 5 nitrogen and oxygen atoms in total. The highest BCUT2D eigenvalue weighted by Crippen LogP contribution is 2.25. The number of nitrogens with zero attached hydrogens (tertiary/aromatic N) is 2. The Morgan fingerprint density at radius 3 is 2.50 bits per heavy atom. The minimum atomic E-state index is -0.535. The van der Waals surface area contributed by atoms with Gasteiger partial charge in [0.15, 0.2) is 5.89 Å². The van der Waals surface area contributed by atoms with Crippen molar-refractivity contribution in [3.63, 3.8) is 0 Å². The first-order valence-electron chi connectivity index (χ1n) is 9.70. The number of carbonyl (C=O) groups excluding carboxylic acids is 1. The van der Waals surface area contributed by atoms with Crippen LogP contribution in [0, 0.1) is 0 Å².